The van der Waals surface area contributed by atoms with Gasteiger partial charge in [0.1, 0.15) is 23.7 Å². The Labute approximate surface area is 378 Å². The van der Waals surface area contributed by atoms with Crippen molar-refractivity contribution in [2.24, 2.45) is 0 Å². The van der Waals surface area contributed by atoms with E-state index in [9.17, 15) is 27.2 Å². The number of hydrogen-bond donors (Lipinski definition) is 0. The minimum absolute atomic E-state index is 0.129. The summed E-state index contributed by atoms with van der Waals surface area (Å²) in [5, 5.41) is 0. The largest absolute Gasteiger partial charge is 0.495 e. The van der Waals surface area contributed by atoms with E-state index in [0.717, 1.165) is 34.9 Å². The maximum atomic E-state index is 14.2. The summed E-state index contributed by atoms with van der Waals surface area (Å²) >= 11 is 0. The third-order valence-corrected chi connectivity index (χ3v) is 11.0. The number of imidazole rings is 2. The first-order chi connectivity index (χ1) is 31.5. The summed E-state index contributed by atoms with van der Waals surface area (Å²) in [6.07, 6.45) is 9.78. The van der Waals surface area contributed by atoms with Gasteiger partial charge in [-0.1, -0.05) is 12.1 Å². The van der Waals surface area contributed by atoms with Gasteiger partial charge in [0.2, 0.25) is 23.8 Å². The molecule has 66 heavy (non-hydrogen) atoms. The highest BCUT2D eigenvalue weighted by Crippen LogP contribution is 2.33. The smallest absolute Gasteiger partial charge is 0.289 e. The Morgan fingerprint density at radius 1 is 0.636 bits per heavy atom. The summed E-state index contributed by atoms with van der Waals surface area (Å²) in [7, 11) is 3.14. The fourth-order valence-corrected chi connectivity index (χ4v) is 7.68. The van der Waals surface area contributed by atoms with Crippen LogP contribution in [0.1, 0.15) is 73.4 Å². The summed E-state index contributed by atoms with van der Waals surface area (Å²) in [4.78, 5) is 44.3. The second kappa shape index (κ2) is 19.7. The lowest BCUT2D eigenvalue weighted by Crippen LogP contribution is -2.45. The fraction of sp³-hybridized carbons (Fsp3) is 0.292. The Hall–Kier alpha value is -7.50. The first kappa shape index (κ1) is 46.5. The lowest BCUT2D eigenvalue weighted by molar-refractivity contribution is -0.142. The van der Waals surface area contributed by atoms with Gasteiger partial charge >= 0.3 is 0 Å². The van der Waals surface area contributed by atoms with Crippen molar-refractivity contribution in [1.82, 2.24) is 38.9 Å². The molecule has 0 N–H and O–H groups in total. The van der Waals surface area contributed by atoms with Crippen LogP contribution in [0.15, 0.2) is 97.2 Å². The van der Waals surface area contributed by atoms with Crippen molar-refractivity contribution < 1.29 is 46.1 Å². The zero-order valence-corrected chi connectivity index (χ0v) is 37.5. The molecular formula is C48H48F4N8O6. The highest BCUT2D eigenvalue weighted by atomic mass is 19.1. The number of pyridine rings is 2. The fourth-order valence-electron chi connectivity index (χ4n) is 7.68. The van der Waals surface area contributed by atoms with Crippen LogP contribution in [0.3, 0.4) is 0 Å². The first-order valence-corrected chi connectivity index (χ1v) is 20.9. The molecule has 2 amide bonds. The molecule has 0 aliphatic carbocycles. The minimum atomic E-state index is -0.935. The molecule has 2 aliphatic rings. The van der Waals surface area contributed by atoms with Gasteiger partial charge < -0.3 is 37.9 Å². The minimum Gasteiger partial charge on any atom is -0.495 e. The molecule has 2 saturated heterocycles. The zero-order valence-electron chi connectivity index (χ0n) is 37.5. The van der Waals surface area contributed by atoms with E-state index in [-0.39, 0.29) is 47.9 Å². The molecule has 0 spiro atoms. The maximum Gasteiger partial charge on any atom is 0.289 e. The van der Waals surface area contributed by atoms with E-state index >= 15 is 0 Å². The summed E-state index contributed by atoms with van der Waals surface area (Å²) in [6.45, 7) is 11.3. The number of morpholine rings is 2. The van der Waals surface area contributed by atoms with Gasteiger partial charge in [-0.3, -0.25) is 9.59 Å². The van der Waals surface area contributed by atoms with Gasteiger partial charge in [-0.25, -0.2) is 9.97 Å². The van der Waals surface area contributed by atoms with Crippen molar-refractivity contribution in [1.29, 1.82) is 0 Å². The molecule has 6 aromatic rings. The lowest BCUT2D eigenvalue weighted by Gasteiger charge is -2.37. The van der Waals surface area contributed by atoms with Crippen molar-refractivity contribution >= 4 is 24.0 Å². The molecule has 344 valence electrons. The molecule has 4 atom stereocenters. The number of benzene rings is 2. The van der Waals surface area contributed by atoms with Gasteiger partial charge in [-0.2, -0.15) is 27.5 Å². The third kappa shape index (κ3) is 10.2. The van der Waals surface area contributed by atoms with Gasteiger partial charge in [0.15, 0.2) is 11.5 Å². The van der Waals surface area contributed by atoms with Gasteiger partial charge in [0.25, 0.3) is 11.8 Å². The highest BCUT2D eigenvalue weighted by molar-refractivity contribution is 5.97. The van der Waals surface area contributed by atoms with E-state index in [1.807, 2.05) is 73.5 Å². The van der Waals surface area contributed by atoms with Crippen LogP contribution in [0.25, 0.3) is 23.5 Å². The number of methoxy groups -OCH3 is 2. The van der Waals surface area contributed by atoms with Crippen molar-refractivity contribution in [2.45, 2.75) is 65.8 Å². The predicted octanol–water partition coefficient (Wildman–Crippen LogP) is 8.42. The van der Waals surface area contributed by atoms with Gasteiger partial charge in [-0.05, 0) is 113 Å². The number of aromatic nitrogens is 6. The Morgan fingerprint density at radius 2 is 1.03 bits per heavy atom. The molecule has 2 fully saturated rings. The molecule has 8 rings (SSSR count). The number of carbonyl (C=O) groups is 2. The summed E-state index contributed by atoms with van der Waals surface area (Å²) < 4.78 is 81.3. The maximum absolute atomic E-state index is 14.2. The molecule has 4 aromatic heterocycles. The highest BCUT2D eigenvalue weighted by Gasteiger charge is 2.35. The van der Waals surface area contributed by atoms with E-state index in [4.69, 9.17) is 18.9 Å². The van der Waals surface area contributed by atoms with Crippen LogP contribution in [-0.2, 0) is 19.1 Å². The molecule has 0 radical (unpaired) electrons. The van der Waals surface area contributed by atoms with Crippen LogP contribution < -0.4 is 9.47 Å². The number of ether oxygens (including phenoxy) is 4. The molecule has 2 aliphatic heterocycles. The topological polar surface area (TPSA) is 139 Å². The van der Waals surface area contributed by atoms with Crippen LogP contribution in [-0.4, -0.2) is 90.2 Å². The van der Waals surface area contributed by atoms with Crippen molar-refractivity contribution in [2.75, 3.05) is 27.3 Å². The van der Waals surface area contributed by atoms with Gasteiger partial charge in [0.05, 0.1) is 74.8 Å². The first-order valence-electron chi connectivity index (χ1n) is 20.9. The van der Waals surface area contributed by atoms with E-state index in [1.165, 1.54) is 21.9 Å². The molecule has 14 nitrogen and oxygen atoms in total. The van der Waals surface area contributed by atoms with E-state index in [1.54, 1.807) is 65.0 Å². The Bertz CT molecular complexity index is 2640. The Kier molecular flexibility index (Phi) is 13.9. The average Bonchev–Trinajstić information content (AvgIpc) is 3.93. The normalized spacial score (nSPS) is 18.4. The molecular weight excluding hydrogens is 861 g/mol. The van der Waals surface area contributed by atoms with E-state index in [0.29, 0.717) is 22.6 Å². The lowest BCUT2D eigenvalue weighted by atomic mass is 10.1. The number of nitrogens with zero attached hydrogens (tertiary/aromatic N) is 8. The monoisotopic (exact) mass is 908 g/mol. The zero-order chi connectivity index (χ0) is 47.4. The SMILES string of the molecule is COc1cc(/C=C2\O[C@@H](C)CN([C@@H](C)c3ccc(F)nc3F)C2=O)ccc1-n1cnc(C)c1.COc1cc(/C=C2\O[C@@H](C)CN([C@H](C)c3ccc(F)nc3F)C2=O)ccc1-n1cnc(C)c1. The number of amides is 2. The number of halogens is 4. The third-order valence-electron chi connectivity index (χ3n) is 11.0. The molecule has 18 heteroatoms. The van der Waals surface area contributed by atoms with Gasteiger partial charge in [-0.15, -0.1) is 0 Å². The number of aryl methyl sites for hydroxylation is 2. The second-order valence-electron chi connectivity index (χ2n) is 15.9. The molecule has 0 saturated carbocycles. The van der Waals surface area contributed by atoms with E-state index in [2.05, 4.69) is 19.9 Å². The van der Waals surface area contributed by atoms with Crippen LogP contribution >= 0.6 is 0 Å². The Morgan fingerprint density at radius 3 is 1.36 bits per heavy atom. The average molecular weight is 909 g/mol. The standard InChI is InChI=1S/2C24H24F2N4O3/c2*1-14-11-29(13-27-14)19-7-5-17(9-20(19)32-4)10-21-24(31)30(12-15(2)33-21)16(3)18-6-8-22(25)28-23(18)26/h2*5-11,13,15-16H,12H2,1-4H3/b2*21-10-/t15-,16+;15-,16-/m00/s1. The molecule has 6 heterocycles. The second-order valence-corrected chi connectivity index (χ2v) is 15.9. The molecule has 0 unspecified atom stereocenters. The summed E-state index contributed by atoms with van der Waals surface area (Å²) in [5.74, 6) is -3.01. The quantitative estimate of drug-likeness (QED) is 0.0748. The predicted molar refractivity (Wildman–Crippen MR) is 235 cm³/mol. The van der Waals surface area contributed by atoms with Crippen LogP contribution in [0.5, 0.6) is 11.5 Å². The number of rotatable bonds is 10. The van der Waals surface area contributed by atoms with Crippen molar-refractivity contribution in [3.63, 3.8) is 0 Å². The van der Waals surface area contributed by atoms with Gasteiger partial charge in [0, 0.05) is 23.5 Å². The Balaban J connectivity index is 0.000000196. The van der Waals surface area contributed by atoms with E-state index < -0.39 is 47.7 Å². The van der Waals surface area contributed by atoms with Crippen LogP contribution in [0, 0.1) is 37.6 Å². The number of hydrogen-bond acceptors (Lipinski definition) is 10. The summed E-state index contributed by atoms with van der Waals surface area (Å²) in [5.41, 5.74) is 5.04. The van der Waals surface area contributed by atoms with Crippen molar-refractivity contribution in [3.8, 4) is 22.9 Å². The van der Waals surface area contributed by atoms with Crippen LogP contribution in [0.2, 0.25) is 0 Å². The molecule has 0 bridgehead atoms. The summed E-state index contributed by atoms with van der Waals surface area (Å²) in [6, 6.07) is 14.5. The molecule has 2 aromatic carbocycles. The van der Waals surface area contributed by atoms with Crippen molar-refractivity contribution in [3.05, 3.63) is 155 Å². The number of carbonyl (C=O) groups excluding carboxylic acids is 2. The van der Waals surface area contributed by atoms with Crippen LogP contribution in [0.4, 0.5) is 17.6 Å².